The van der Waals surface area contributed by atoms with Crippen molar-refractivity contribution in [1.29, 1.82) is 0 Å². The molecule has 9 rings (SSSR count). The average Bonchev–Trinajstić information content (AvgIpc) is 3.16. The fourth-order valence-electron chi connectivity index (χ4n) is 7.39. The molecule has 0 unspecified atom stereocenters. The molecule has 0 spiro atoms. The average molecular weight is 881 g/mol. The Balaban J connectivity index is 0.000000178. The van der Waals surface area contributed by atoms with Crippen LogP contribution in [0.5, 0.6) is 23.0 Å². The zero-order valence-corrected chi connectivity index (χ0v) is 34.1. The summed E-state index contributed by atoms with van der Waals surface area (Å²) in [6, 6.07) is 44.2. The van der Waals surface area contributed by atoms with E-state index in [9.17, 15) is 0 Å². The second-order valence-corrected chi connectivity index (χ2v) is 15.1. The van der Waals surface area contributed by atoms with Gasteiger partial charge in [-0.05, 0) is 82.9 Å². The number of benzene rings is 5. The molecular formula is C48H41BIrN2O2-2. The van der Waals surface area contributed by atoms with E-state index in [1.54, 1.807) is 0 Å². The topological polar surface area (TPSA) is 44.2 Å². The molecule has 0 atom stereocenters. The summed E-state index contributed by atoms with van der Waals surface area (Å²) in [6.07, 6.45) is 3.89. The van der Waals surface area contributed by atoms with E-state index in [1.807, 2.05) is 48.8 Å². The van der Waals surface area contributed by atoms with Crippen LogP contribution in [-0.2, 0) is 25.5 Å². The number of fused-ring (bicyclic) bond motifs is 4. The second kappa shape index (κ2) is 14.9. The predicted octanol–water partition coefficient (Wildman–Crippen LogP) is 10.0. The Bertz CT molecular complexity index is 2500. The van der Waals surface area contributed by atoms with E-state index < -0.39 is 0 Å². The van der Waals surface area contributed by atoms with E-state index in [2.05, 4.69) is 138 Å². The Hall–Kier alpha value is -5.29. The zero-order chi connectivity index (χ0) is 36.9. The van der Waals surface area contributed by atoms with Crippen molar-refractivity contribution in [2.24, 2.45) is 0 Å². The minimum Gasteiger partial charge on any atom is -0.503 e. The van der Waals surface area contributed by atoms with Crippen molar-refractivity contribution in [1.82, 2.24) is 9.97 Å². The first-order valence-electron chi connectivity index (χ1n) is 18.2. The van der Waals surface area contributed by atoms with E-state index >= 15 is 0 Å². The van der Waals surface area contributed by atoms with Crippen LogP contribution < -0.4 is 25.9 Å². The number of hydrogen-bond donors (Lipinski definition) is 0. The first-order chi connectivity index (χ1) is 25.6. The third-order valence-corrected chi connectivity index (χ3v) is 10.3. The third-order valence-electron chi connectivity index (χ3n) is 10.3. The summed E-state index contributed by atoms with van der Waals surface area (Å²) in [5.74, 6) is 3.34. The van der Waals surface area contributed by atoms with Crippen LogP contribution in [0.25, 0.3) is 33.6 Å². The van der Waals surface area contributed by atoms with Crippen LogP contribution in [0.3, 0.4) is 0 Å². The Labute approximate surface area is 333 Å². The number of para-hydroxylation sites is 2. The standard InChI is InChI=1S/C28H23BNO2.C20H18N.Ir/c1-17-16-30-22(15-19(17)28(2,3)4)18-13-14-25-26-27(18)32-24-12-8-6-10-21(24)29(26)20-9-5-7-11-23(20)31-25;1-14-9-10-18(20-11-15(2)16(3)13-21-20)12-19(14)17-7-5-4-6-8-17;/h5-12,14-16H,1-4H3;4-9,11-13H,1-3H3;/q2*-1;. The number of aryl methyl sites for hydroxylation is 4. The van der Waals surface area contributed by atoms with Crippen LogP contribution >= 0.6 is 0 Å². The summed E-state index contributed by atoms with van der Waals surface area (Å²) in [4.78, 5) is 9.32. The maximum absolute atomic E-state index is 6.53. The zero-order valence-electron chi connectivity index (χ0n) is 31.7. The van der Waals surface area contributed by atoms with Crippen LogP contribution in [-0.4, -0.2) is 16.7 Å². The van der Waals surface area contributed by atoms with Crippen molar-refractivity contribution in [2.75, 3.05) is 0 Å². The van der Waals surface area contributed by atoms with Gasteiger partial charge in [-0.25, -0.2) is 0 Å². The maximum atomic E-state index is 6.53. The normalized spacial score (nSPS) is 12.1. The van der Waals surface area contributed by atoms with E-state index in [0.29, 0.717) is 0 Å². The molecule has 2 aliphatic heterocycles. The minimum atomic E-state index is 0. The monoisotopic (exact) mass is 881 g/mol. The summed E-state index contributed by atoms with van der Waals surface area (Å²) >= 11 is 0. The molecule has 4 nitrogen and oxygen atoms in total. The molecule has 7 aromatic rings. The fourth-order valence-corrected chi connectivity index (χ4v) is 7.39. The van der Waals surface area contributed by atoms with Gasteiger partial charge in [0.25, 0.3) is 0 Å². The summed E-state index contributed by atoms with van der Waals surface area (Å²) in [6.45, 7) is 15.2. The van der Waals surface area contributed by atoms with Crippen molar-refractivity contribution in [3.05, 3.63) is 162 Å². The van der Waals surface area contributed by atoms with E-state index in [-0.39, 0.29) is 32.2 Å². The minimum absolute atomic E-state index is 0. The quantitative estimate of drug-likeness (QED) is 0.131. The molecule has 0 fully saturated rings. The molecule has 0 saturated carbocycles. The molecule has 6 heteroatoms. The second-order valence-electron chi connectivity index (χ2n) is 15.1. The van der Waals surface area contributed by atoms with Crippen molar-refractivity contribution < 1.29 is 29.6 Å². The molecule has 54 heavy (non-hydrogen) atoms. The predicted molar refractivity (Wildman–Crippen MR) is 218 cm³/mol. The molecule has 0 aliphatic carbocycles. The van der Waals surface area contributed by atoms with E-state index in [4.69, 9.17) is 14.5 Å². The summed E-state index contributed by atoms with van der Waals surface area (Å²) < 4.78 is 12.8. The molecule has 0 saturated heterocycles. The van der Waals surface area contributed by atoms with Gasteiger partial charge in [-0.2, -0.15) is 0 Å². The van der Waals surface area contributed by atoms with Gasteiger partial charge in [0, 0.05) is 44.0 Å². The fraction of sp³-hybridized carbons (Fsp3) is 0.167. The van der Waals surface area contributed by atoms with Gasteiger partial charge in [0.2, 0.25) is 6.71 Å². The van der Waals surface area contributed by atoms with Crippen LogP contribution in [0.2, 0.25) is 0 Å². The van der Waals surface area contributed by atoms with Gasteiger partial charge in [0.15, 0.2) is 0 Å². The largest absolute Gasteiger partial charge is 0.503 e. The van der Waals surface area contributed by atoms with Crippen molar-refractivity contribution in [2.45, 2.75) is 53.9 Å². The molecule has 269 valence electrons. The third kappa shape index (κ3) is 6.93. The van der Waals surface area contributed by atoms with Gasteiger partial charge in [-0.3, -0.25) is 0 Å². The summed E-state index contributed by atoms with van der Waals surface area (Å²) in [5.41, 5.74) is 15.8. The van der Waals surface area contributed by atoms with Crippen LogP contribution in [0.1, 0.15) is 48.6 Å². The number of rotatable bonds is 3. The summed E-state index contributed by atoms with van der Waals surface area (Å²) in [7, 11) is 0. The molecule has 0 bridgehead atoms. The van der Waals surface area contributed by atoms with E-state index in [0.717, 1.165) is 61.9 Å². The van der Waals surface area contributed by atoms with Crippen molar-refractivity contribution in [3.8, 4) is 56.6 Å². The molecule has 5 aromatic carbocycles. The Morgan fingerprint density at radius 3 is 1.91 bits per heavy atom. The molecule has 2 aliphatic rings. The van der Waals surface area contributed by atoms with Crippen LogP contribution in [0.15, 0.2) is 122 Å². The molecule has 2 aromatic heterocycles. The number of ether oxygens (including phenoxy) is 2. The number of aromatic nitrogens is 2. The number of nitrogens with zero attached hydrogens (tertiary/aromatic N) is 2. The first kappa shape index (κ1) is 37.0. The molecule has 1 radical (unpaired) electrons. The Kier molecular flexibility index (Phi) is 10.2. The number of pyridine rings is 2. The molecule has 4 heterocycles. The van der Waals surface area contributed by atoms with E-state index in [1.165, 1.54) is 38.9 Å². The van der Waals surface area contributed by atoms with Gasteiger partial charge < -0.3 is 19.4 Å². The maximum Gasteiger partial charge on any atom is 0.239 e. The van der Waals surface area contributed by atoms with Gasteiger partial charge in [0.1, 0.15) is 11.5 Å². The SMILES string of the molecule is Cc1cnc(-c2[c-]cc(C)c(-c3ccccc3)c2)cc1C.Cc1cnc(-c2[c-]cc3c4c2Oc2ccccc2B4c2ccccc2O3)cc1C(C)(C)C.[Ir]. The number of hydrogen-bond acceptors (Lipinski definition) is 4. The van der Waals surface area contributed by atoms with Crippen molar-refractivity contribution in [3.63, 3.8) is 0 Å². The molecule has 0 amide bonds. The summed E-state index contributed by atoms with van der Waals surface area (Å²) in [5, 5.41) is 0. The van der Waals surface area contributed by atoms with Gasteiger partial charge in [-0.1, -0.05) is 129 Å². The Morgan fingerprint density at radius 1 is 0.593 bits per heavy atom. The molecular weight excluding hydrogens is 840 g/mol. The van der Waals surface area contributed by atoms with Gasteiger partial charge in [0.05, 0.1) is 0 Å². The molecule has 0 N–H and O–H groups in total. The smallest absolute Gasteiger partial charge is 0.239 e. The van der Waals surface area contributed by atoms with Gasteiger partial charge >= 0.3 is 0 Å². The van der Waals surface area contributed by atoms with Crippen molar-refractivity contribution >= 4 is 23.1 Å². The van der Waals surface area contributed by atoms with Gasteiger partial charge in [-0.15, -0.1) is 41.5 Å². The Morgan fingerprint density at radius 2 is 1.22 bits per heavy atom. The first-order valence-corrected chi connectivity index (χ1v) is 18.2. The van der Waals surface area contributed by atoms with Crippen LogP contribution in [0, 0.1) is 39.8 Å². The van der Waals surface area contributed by atoms with Crippen LogP contribution in [0.4, 0.5) is 0 Å².